The molecule has 52 heavy (non-hydrogen) atoms. The molecule has 0 saturated carbocycles. The first-order valence-electron chi connectivity index (χ1n) is 17.5. The van der Waals surface area contributed by atoms with Crippen LogP contribution in [0.4, 0.5) is 0 Å². The zero-order chi connectivity index (χ0) is 33.9. The molecule has 6 heteroatoms. The van der Waals surface area contributed by atoms with Crippen LogP contribution < -0.4 is 0 Å². The SMILES string of the molecule is c1ccc2c(c1)c1ccccc1c1c3nc(-n4c5ccccc5c5ccccc54)cnc3c3ncc(-n4c5ccccc5c5ccccc54)nc3c21. The lowest BCUT2D eigenvalue weighted by Gasteiger charge is -2.16. The molecule has 240 valence electrons. The van der Waals surface area contributed by atoms with Crippen molar-refractivity contribution in [2.75, 3.05) is 0 Å². The first-order chi connectivity index (χ1) is 25.8. The predicted octanol–water partition coefficient (Wildman–Crippen LogP) is 11.2. The van der Waals surface area contributed by atoms with Crippen LogP contribution in [0.25, 0.3) is 110 Å². The van der Waals surface area contributed by atoms with Gasteiger partial charge in [0, 0.05) is 32.3 Å². The van der Waals surface area contributed by atoms with Gasteiger partial charge in [0.05, 0.1) is 34.5 Å². The van der Waals surface area contributed by atoms with Crippen molar-refractivity contribution in [1.82, 2.24) is 29.1 Å². The number of aromatic nitrogens is 6. The fourth-order valence-electron chi connectivity index (χ4n) is 8.64. The van der Waals surface area contributed by atoms with Crippen molar-refractivity contribution in [2.45, 2.75) is 0 Å². The van der Waals surface area contributed by atoms with E-state index in [2.05, 4.69) is 155 Å². The molecule has 0 radical (unpaired) electrons. The third-order valence-electron chi connectivity index (χ3n) is 10.8. The molecule has 0 amide bonds. The van der Waals surface area contributed by atoms with E-state index < -0.39 is 0 Å². The van der Waals surface area contributed by atoms with Gasteiger partial charge in [0.1, 0.15) is 22.1 Å². The number of para-hydroxylation sites is 4. The van der Waals surface area contributed by atoms with Gasteiger partial charge in [-0.1, -0.05) is 121 Å². The van der Waals surface area contributed by atoms with E-state index in [1.807, 2.05) is 12.4 Å². The first-order valence-corrected chi connectivity index (χ1v) is 17.5. The second-order valence-electron chi connectivity index (χ2n) is 13.4. The van der Waals surface area contributed by atoms with E-state index in [1.54, 1.807) is 0 Å². The van der Waals surface area contributed by atoms with Crippen molar-refractivity contribution in [1.29, 1.82) is 0 Å². The minimum atomic E-state index is 0.730. The molecule has 0 spiro atoms. The van der Waals surface area contributed by atoms with Gasteiger partial charge < -0.3 is 0 Å². The third kappa shape index (κ3) is 3.57. The maximum atomic E-state index is 5.53. The Kier molecular flexibility index (Phi) is 5.41. The summed E-state index contributed by atoms with van der Waals surface area (Å²) in [4.78, 5) is 21.5. The van der Waals surface area contributed by atoms with Gasteiger partial charge >= 0.3 is 0 Å². The van der Waals surface area contributed by atoms with E-state index in [9.17, 15) is 0 Å². The van der Waals surface area contributed by atoms with Crippen LogP contribution in [0.15, 0.2) is 158 Å². The molecule has 0 atom stereocenters. The summed E-state index contributed by atoms with van der Waals surface area (Å²) in [6, 6.07) is 51.3. The fourth-order valence-corrected chi connectivity index (χ4v) is 8.64. The highest BCUT2D eigenvalue weighted by atomic mass is 15.1. The van der Waals surface area contributed by atoms with Crippen LogP contribution in [0, 0.1) is 0 Å². The molecule has 4 aromatic heterocycles. The van der Waals surface area contributed by atoms with Crippen molar-refractivity contribution >= 4 is 98.0 Å². The van der Waals surface area contributed by atoms with Gasteiger partial charge in [-0.25, -0.2) is 19.9 Å². The number of hydrogen-bond acceptors (Lipinski definition) is 4. The molecule has 0 N–H and O–H groups in total. The van der Waals surface area contributed by atoms with Crippen molar-refractivity contribution in [2.24, 2.45) is 0 Å². The number of fused-ring (bicyclic) bond motifs is 17. The Hall–Kier alpha value is -7.18. The second-order valence-corrected chi connectivity index (χ2v) is 13.4. The average Bonchev–Trinajstić information content (AvgIpc) is 3.73. The molecule has 0 unspecified atom stereocenters. The number of rotatable bonds is 2. The lowest BCUT2D eigenvalue weighted by Crippen LogP contribution is -2.03. The highest BCUT2D eigenvalue weighted by Crippen LogP contribution is 2.43. The normalized spacial score (nSPS) is 12.2. The summed E-state index contributed by atoms with van der Waals surface area (Å²) >= 11 is 0. The maximum Gasteiger partial charge on any atom is 0.156 e. The molecule has 4 heterocycles. The van der Waals surface area contributed by atoms with Crippen LogP contribution in [0.2, 0.25) is 0 Å². The van der Waals surface area contributed by atoms with Crippen molar-refractivity contribution in [3.05, 3.63) is 158 Å². The Morgan fingerprint density at radius 1 is 0.288 bits per heavy atom. The third-order valence-corrected chi connectivity index (χ3v) is 10.8. The van der Waals surface area contributed by atoms with Crippen LogP contribution >= 0.6 is 0 Å². The molecule has 0 bridgehead atoms. The Morgan fingerprint density at radius 2 is 0.577 bits per heavy atom. The predicted molar refractivity (Wildman–Crippen MR) is 214 cm³/mol. The molecular weight excluding hydrogens is 637 g/mol. The monoisotopic (exact) mass is 662 g/mol. The minimum absolute atomic E-state index is 0.730. The van der Waals surface area contributed by atoms with Crippen molar-refractivity contribution in [3.8, 4) is 11.6 Å². The number of hydrogen-bond donors (Lipinski definition) is 0. The fraction of sp³-hybridized carbons (Fsp3) is 0. The van der Waals surface area contributed by atoms with Gasteiger partial charge in [0.25, 0.3) is 0 Å². The maximum absolute atomic E-state index is 5.53. The molecule has 6 nitrogen and oxygen atoms in total. The van der Waals surface area contributed by atoms with Gasteiger partial charge in [-0.2, -0.15) is 0 Å². The zero-order valence-electron chi connectivity index (χ0n) is 27.7. The highest BCUT2D eigenvalue weighted by molar-refractivity contribution is 6.37. The molecule has 0 fully saturated rings. The van der Waals surface area contributed by atoms with E-state index >= 15 is 0 Å². The summed E-state index contributed by atoms with van der Waals surface area (Å²) in [5.74, 6) is 1.52. The lowest BCUT2D eigenvalue weighted by atomic mass is 9.92. The molecule has 12 rings (SSSR count). The second kappa shape index (κ2) is 10.2. The van der Waals surface area contributed by atoms with E-state index in [1.165, 1.54) is 32.3 Å². The largest absolute Gasteiger partial charge is 0.292 e. The Balaban J connectivity index is 1.27. The Bertz CT molecular complexity index is 3140. The summed E-state index contributed by atoms with van der Waals surface area (Å²) in [7, 11) is 0. The van der Waals surface area contributed by atoms with Crippen molar-refractivity contribution < 1.29 is 0 Å². The first kappa shape index (κ1) is 27.6. The summed E-state index contributed by atoms with van der Waals surface area (Å²) in [5.41, 5.74) is 7.44. The van der Waals surface area contributed by atoms with Gasteiger partial charge in [0.2, 0.25) is 0 Å². The van der Waals surface area contributed by atoms with Crippen LogP contribution in [-0.4, -0.2) is 29.1 Å². The smallest absolute Gasteiger partial charge is 0.156 e. The minimum Gasteiger partial charge on any atom is -0.292 e. The lowest BCUT2D eigenvalue weighted by molar-refractivity contribution is 1.07. The molecular formula is C46H26N6. The van der Waals surface area contributed by atoms with Gasteiger partial charge in [0.15, 0.2) is 11.6 Å². The number of nitrogens with zero attached hydrogens (tertiary/aromatic N) is 6. The highest BCUT2D eigenvalue weighted by Gasteiger charge is 2.22. The molecule has 0 aliphatic rings. The van der Waals surface area contributed by atoms with E-state index in [0.29, 0.717) is 0 Å². The van der Waals surface area contributed by atoms with E-state index in [-0.39, 0.29) is 0 Å². The summed E-state index contributed by atoms with van der Waals surface area (Å²) < 4.78 is 4.46. The van der Waals surface area contributed by atoms with Gasteiger partial charge in [-0.15, -0.1) is 0 Å². The van der Waals surface area contributed by atoms with E-state index in [4.69, 9.17) is 19.9 Å². The van der Waals surface area contributed by atoms with Crippen LogP contribution in [0.3, 0.4) is 0 Å². The van der Waals surface area contributed by atoms with Gasteiger partial charge in [-0.3, -0.25) is 9.13 Å². The van der Waals surface area contributed by atoms with Crippen LogP contribution in [-0.2, 0) is 0 Å². The van der Waals surface area contributed by atoms with E-state index in [0.717, 1.165) is 77.3 Å². The average molecular weight is 663 g/mol. The topological polar surface area (TPSA) is 61.4 Å². The van der Waals surface area contributed by atoms with Crippen molar-refractivity contribution in [3.63, 3.8) is 0 Å². The van der Waals surface area contributed by atoms with Crippen LogP contribution in [0.5, 0.6) is 0 Å². The van der Waals surface area contributed by atoms with Gasteiger partial charge in [-0.05, 0) is 45.8 Å². The molecule has 8 aromatic carbocycles. The molecule has 0 saturated heterocycles. The number of benzene rings is 8. The summed E-state index contributed by atoms with van der Waals surface area (Å²) in [6.07, 6.45) is 3.77. The quantitative estimate of drug-likeness (QED) is 0.173. The van der Waals surface area contributed by atoms with Crippen LogP contribution in [0.1, 0.15) is 0 Å². The summed E-state index contributed by atoms with van der Waals surface area (Å²) in [6.45, 7) is 0. The standard InChI is InChI=1S/C46H26N6/c1-3-19-33-27(13-1)28-14-2-4-20-34(28)42-41(33)43-45(47-25-39(49-43)51-35-21-9-5-15-29(35)30-16-6-10-22-36(30)51)46-44(42)50-40(26-48-46)52-37-23-11-7-17-31(37)32-18-8-12-24-38(32)52/h1-26H. The zero-order valence-corrected chi connectivity index (χ0v) is 27.7. The Morgan fingerprint density at radius 3 is 0.923 bits per heavy atom. The summed E-state index contributed by atoms with van der Waals surface area (Å²) in [5, 5.41) is 11.4. The molecule has 0 aliphatic carbocycles. The Labute approximate surface area is 295 Å². The molecule has 0 aliphatic heterocycles. The molecule has 12 aromatic rings.